The number of rotatable bonds is 4. The molecule has 1 amide bonds. The van der Waals surface area contributed by atoms with E-state index in [4.69, 9.17) is 22.3 Å². The molecule has 2 aromatic heterocycles. The first-order chi connectivity index (χ1) is 17.5. The first-order valence-corrected chi connectivity index (χ1v) is 12.3. The van der Waals surface area contributed by atoms with Crippen molar-refractivity contribution in [3.63, 3.8) is 0 Å². The number of nitrogens with two attached hydrogens (primary N) is 1. The Labute approximate surface area is 220 Å². The van der Waals surface area contributed by atoms with Crippen LogP contribution >= 0.6 is 11.6 Å². The van der Waals surface area contributed by atoms with Crippen LogP contribution in [0, 0.1) is 23.6 Å². The summed E-state index contributed by atoms with van der Waals surface area (Å²) in [6.07, 6.45) is 2.96. The number of carbonyl (C=O) groups excluding carboxylic acids is 1. The molecule has 3 heterocycles. The van der Waals surface area contributed by atoms with Gasteiger partial charge in [-0.05, 0) is 55.0 Å². The third-order valence-electron chi connectivity index (χ3n) is 6.98. The number of hydrogen-bond acceptors (Lipinski definition) is 6. The molecule has 0 spiro atoms. The maximum absolute atomic E-state index is 11.9. The lowest BCUT2D eigenvalue weighted by molar-refractivity contribution is 0.0963. The molecule has 1 aliphatic heterocycles. The van der Waals surface area contributed by atoms with Gasteiger partial charge in [0.25, 0.3) is 5.91 Å². The summed E-state index contributed by atoms with van der Waals surface area (Å²) in [5.74, 6) is 2.60. The average Bonchev–Trinajstić information content (AvgIpc) is 3.46. The number of aromatic amines is 1. The van der Waals surface area contributed by atoms with Crippen LogP contribution in [0.4, 0.5) is 10.2 Å². The van der Waals surface area contributed by atoms with E-state index in [-0.39, 0.29) is 19.2 Å². The molecule has 0 bridgehead atoms. The number of carbonyl (C=O) groups is 1. The highest BCUT2D eigenvalue weighted by Crippen LogP contribution is 2.51. The fourth-order valence-electron chi connectivity index (χ4n) is 4.98. The van der Waals surface area contributed by atoms with Gasteiger partial charge in [-0.1, -0.05) is 43.3 Å². The summed E-state index contributed by atoms with van der Waals surface area (Å²) in [5.41, 5.74) is 8.99. The van der Waals surface area contributed by atoms with Crippen LogP contribution in [0.5, 0.6) is 0 Å². The van der Waals surface area contributed by atoms with E-state index in [0.29, 0.717) is 39.3 Å². The van der Waals surface area contributed by atoms with Gasteiger partial charge in [0.05, 0.1) is 16.9 Å². The van der Waals surface area contributed by atoms with E-state index < -0.39 is 0 Å². The van der Waals surface area contributed by atoms with Crippen LogP contribution < -0.4 is 16.0 Å². The van der Waals surface area contributed by atoms with Crippen LogP contribution in [-0.4, -0.2) is 52.8 Å². The Morgan fingerprint density at radius 1 is 1.24 bits per heavy atom. The van der Waals surface area contributed by atoms with Gasteiger partial charge in [-0.15, -0.1) is 0 Å². The zero-order chi connectivity index (χ0) is 25.2. The zero-order valence-corrected chi connectivity index (χ0v) is 20.5. The van der Waals surface area contributed by atoms with Crippen molar-refractivity contribution in [1.82, 2.24) is 25.5 Å². The molecule has 3 unspecified atom stereocenters. The molecule has 1 saturated carbocycles. The zero-order valence-electron chi connectivity index (χ0n) is 19.8. The van der Waals surface area contributed by atoms with Gasteiger partial charge in [0, 0.05) is 31.3 Å². The normalized spacial score (nSPS) is 19.8. The third-order valence-corrected chi connectivity index (χ3v) is 7.29. The standard InChI is InChI=1S/C20H22ClN7O.C6H5F.CH4/c1-23-20(29)10-2-3-12(15(21)6-10)17-18-19(27-26-17)25-16(8-24-18)28-5-4-11-13(7-22)14(11)9-28;7-6-4-2-1-3-5-6;/h2-3,6,8,11,13-14H,4-5,7,9,22H2,1H3,(H,23,29)(H,25,26,27);1-5H;1H4. The Hall–Kier alpha value is -3.56. The number of anilines is 1. The summed E-state index contributed by atoms with van der Waals surface area (Å²) in [6, 6.07) is 13.1. The SMILES string of the molecule is C.CNC(=O)c1ccc(-c2[nH]nc3nc(N4CCC5C(CN)C5C4)cnc23)c(Cl)c1.Fc1ccccc1. The topological polar surface area (TPSA) is 113 Å². The van der Waals surface area contributed by atoms with Crippen LogP contribution in [0.15, 0.2) is 54.7 Å². The lowest BCUT2D eigenvalue weighted by Crippen LogP contribution is -2.32. The van der Waals surface area contributed by atoms with Crippen molar-refractivity contribution in [2.75, 3.05) is 31.6 Å². The maximum atomic E-state index is 11.9. The Balaban J connectivity index is 0.000000349. The van der Waals surface area contributed by atoms with Crippen LogP contribution in [-0.2, 0) is 0 Å². The summed E-state index contributed by atoms with van der Waals surface area (Å²) >= 11 is 6.43. The number of benzene rings is 2. The van der Waals surface area contributed by atoms with E-state index in [1.165, 1.54) is 12.1 Å². The lowest BCUT2D eigenvalue weighted by Gasteiger charge is -2.26. The molecule has 1 aliphatic carbocycles. The molecule has 0 radical (unpaired) electrons. The largest absolute Gasteiger partial charge is 0.355 e. The molecule has 2 aliphatic rings. The highest BCUT2D eigenvalue weighted by atomic mass is 35.5. The van der Waals surface area contributed by atoms with E-state index in [0.717, 1.165) is 43.4 Å². The van der Waals surface area contributed by atoms with Gasteiger partial charge in [0.15, 0.2) is 0 Å². The minimum atomic E-state index is -0.186. The first kappa shape index (κ1) is 26.5. The summed E-state index contributed by atoms with van der Waals surface area (Å²) in [5, 5.41) is 10.4. The highest BCUT2D eigenvalue weighted by molar-refractivity contribution is 6.34. The highest BCUT2D eigenvalue weighted by Gasteiger charge is 2.51. The predicted molar refractivity (Wildman–Crippen MR) is 145 cm³/mol. The van der Waals surface area contributed by atoms with E-state index >= 15 is 0 Å². The second kappa shape index (κ2) is 11.2. The number of nitrogens with one attached hydrogen (secondary N) is 2. The molecule has 194 valence electrons. The van der Waals surface area contributed by atoms with E-state index in [1.807, 2.05) is 0 Å². The van der Waals surface area contributed by atoms with Crippen molar-refractivity contribution < 1.29 is 9.18 Å². The number of halogens is 2. The average molecular weight is 524 g/mol. The number of piperidine rings is 1. The Kier molecular flexibility index (Phi) is 8.04. The van der Waals surface area contributed by atoms with Crippen molar-refractivity contribution in [3.05, 3.63) is 71.1 Å². The van der Waals surface area contributed by atoms with Crippen molar-refractivity contribution in [2.24, 2.45) is 23.5 Å². The Bertz CT molecular complexity index is 1380. The number of fused-ring (bicyclic) bond motifs is 2. The number of H-pyrrole nitrogens is 1. The quantitative estimate of drug-likeness (QED) is 0.362. The third kappa shape index (κ3) is 5.42. The first-order valence-electron chi connectivity index (χ1n) is 11.9. The van der Waals surface area contributed by atoms with Gasteiger partial charge in [-0.3, -0.25) is 9.89 Å². The minimum Gasteiger partial charge on any atom is -0.355 e. The van der Waals surface area contributed by atoms with Gasteiger partial charge in [0.2, 0.25) is 5.65 Å². The molecule has 8 nitrogen and oxygen atoms in total. The van der Waals surface area contributed by atoms with E-state index in [2.05, 4.69) is 25.4 Å². The molecule has 4 aromatic rings. The van der Waals surface area contributed by atoms with Gasteiger partial charge in [-0.2, -0.15) is 5.10 Å². The maximum Gasteiger partial charge on any atom is 0.251 e. The molecular weight excluding hydrogens is 493 g/mol. The molecule has 37 heavy (non-hydrogen) atoms. The number of amides is 1. The van der Waals surface area contributed by atoms with Crippen molar-refractivity contribution in [3.8, 4) is 11.3 Å². The molecular formula is C27H31ClFN7O. The molecule has 4 N–H and O–H groups in total. The summed E-state index contributed by atoms with van der Waals surface area (Å²) in [7, 11) is 1.58. The van der Waals surface area contributed by atoms with Crippen LogP contribution in [0.1, 0.15) is 24.2 Å². The van der Waals surface area contributed by atoms with Gasteiger partial charge in [0.1, 0.15) is 17.2 Å². The summed E-state index contributed by atoms with van der Waals surface area (Å²) < 4.78 is 11.9. The second-order valence-electron chi connectivity index (χ2n) is 9.03. The second-order valence-corrected chi connectivity index (χ2v) is 9.44. The van der Waals surface area contributed by atoms with Gasteiger partial charge < -0.3 is 16.0 Å². The van der Waals surface area contributed by atoms with E-state index in [9.17, 15) is 9.18 Å². The number of aromatic nitrogens is 4. The molecule has 2 aromatic carbocycles. The van der Waals surface area contributed by atoms with Gasteiger partial charge in [-0.25, -0.2) is 14.4 Å². The molecule has 10 heteroatoms. The molecule has 3 atom stereocenters. The monoisotopic (exact) mass is 523 g/mol. The number of nitrogens with zero attached hydrogens (tertiary/aromatic N) is 4. The molecule has 2 fully saturated rings. The van der Waals surface area contributed by atoms with Crippen LogP contribution in [0.2, 0.25) is 5.02 Å². The summed E-state index contributed by atoms with van der Waals surface area (Å²) in [6.45, 7) is 2.73. The van der Waals surface area contributed by atoms with Gasteiger partial charge >= 0.3 is 0 Å². The molecule has 1 saturated heterocycles. The van der Waals surface area contributed by atoms with Crippen molar-refractivity contribution in [1.29, 1.82) is 0 Å². The van der Waals surface area contributed by atoms with Crippen LogP contribution in [0.3, 0.4) is 0 Å². The minimum absolute atomic E-state index is 0. The van der Waals surface area contributed by atoms with E-state index in [1.54, 1.807) is 49.6 Å². The predicted octanol–water partition coefficient (Wildman–Crippen LogP) is 4.53. The fourth-order valence-corrected chi connectivity index (χ4v) is 5.25. The van der Waals surface area contributed by atoms with Crippen molar-refractivity contribution in [2.45, 2.75) is 13.8 Å². The van der Waals surface area contributed by atoms with Crippen molar-refractivity contribution >= 4 is 34.5 Å². The Morgan fingerprint density at radius 2 is 2.03 bits per heavy atom. The van der Waals surface area contributed by atoms with Crippen LogP contribution in [0.25, 0.3) is 22.4 Å². The molecule has 6 rings (SSSR count). The smallest absolute Gasteiger partial charge is 0.251 e. The summed E-state index contributed by atoms with van der Waals surface area (Å²) in [4.78, 5) is 23.4. The Morgan fingerprint density at radius 3 is 2.68 bits per heavy atom. The fraction of sp³-hybridized carbons (Fsp3) is 0.333. The number of hydrogen-bond donors (Lipinski definition) is 3. The lowest BCUT2D eigenvalue weighted by atomic mass is 10.1.